The predicted octanol–water partition coefficient (Wildman–Crippen LogP) is 4.90. The van der Waals surface area contributed by atoms with Crippen LogP contribution in [-0.4, -0.2) is 36.8 Å². The number of ether oxygens (including phenoxy) is 1. The molecule has 0 bridgehead atoms. The molecular formula is C28H32N2O3. The highest BCUT2D eigenvalue weighted by Gasteiger charge is 2.40. The zero-order valence-electron chi connectivity index (χ0n) is 19.3. The molecule has 2 unspecified atom stereocenters. The van der Waals surface area contributed by atoms with Crippen LogP contribution in [0.2, 0.25) is 0 Å². The Kier molecular flexibility index (Phi) is 7.18. The fraction of sp³-hybridized carbons (Fsp3) is 0.321. The second kappa shape index (κ2) is 10.4. The molecule has 1 fully saturated rings. The van der Waals surface area contributed by atoms with Gasteiger partial charge in [-0.25, -0.2) is 0 Å². The molecule has 0 aromatic heterocycles. The molecule has 0 aliphatic carbocycles. The smallest absolute Gasteiger partial charge is 0.243 e. The number of carbonyl (C=O) groups is 1. The van der Waals surface area contributed by atoms with E-state index in [1.54, 1.807) is 13.2 Å². The average Bonchev–Trinajstić information content (AvgIpc) is 3.30. The Bertz CT molecular complexity index is 1010. The number of aromatic hydroxyl groups is 1. The molecule has 0 saturated carbocycles. The SMILES string of the molecule is COc1cc(CCC(C)NC(=O)[C@@H]2C(c3ccccc3)CCN2c2ccccc2)ccc1O. The third-order valence-electron chi connectivity index (χ3n) is 6.48. The van der Waals surface area contributed by atoms with Crippen molar-refractivity contribution in [3.05, 3.63) is 90.0 Å². The van der Waals surface area contributed by atoms with Crippen LogP contribution in [-0.2, 0) is 11.2 Å². The number of methoxy groups -OCH3 is 1. The van der Waals surface area contributed by atoms with Gasteiger partial charge >= 0.3 is 0 Å². The third kappa shape index (κ3) is 5.30. The molecule has 1 aliphatic rings. The first-order chi connectivity index (χ1) is 16.1. The first-order valence-corrected chi connectivity index (χ1v) is 11.6. The summed E-state index contributed by atoms with van der Waals surface area (Å²) in [5, 5.41) is 13.1. The largest absolute Gasteiger partial charge is 0.504 e. The number of benzene rings is 3. The van der Waals surface area contributed by atoms with E-state index in [-0.39, 0.29) is 29.7 Å². The maximum atomic E-state index is 13.6. The Morgan fingerprint density at radius 1 is 1.09 bits per heavy atom. The van der Waals surface area contributed by atoms with Gasteiger partial charge in [0.25, 0.3) is 0 Å². The molecule has 5 nitrogen and oxygen atoms in total. The van der Waals surface area contributed by atoms with E-state index in [1.165, 1.54) is 5.56 Å². The molecule has 33 heavy (non-hydrogen) atoms. The van der Waals surface area contributed by atoms with E-state index in [2.05, 4.69) is 41.4 Å². The van der Waals surface area contributed by atoms with E-state index in [1.807, 2.05) is 48.5 Å². The molecule has 172 valence electrons. The standard InChI is InChI=1S/C28H32N2O3/c1-20(13-14-21-15-16-25(31)26(19-21)33-2)29-28(32)27-24(22-9-5-3-6-10-22)17-18-30(27)23-11-7-4-8-12-23/h3-12,15-16,19-20,24,27,31H,13-14,17-18H2,1-2H3,(H,29,32)/t20?,24?,27-/m0/s1. The molecule has 1 aliphatic heterocycles. The number of aryl methyl sites for hydroxylation is 1. The van der Waals surface area contributed by atoms with Gasteiger partial charge in [-0.3, -0.25) is 4.79 Å². The first kappa shape index (κ1) is 22.7. The fourth-order valence-corrected chi connectivity index (χ4v) is 4.74. The molecule has 2 N–H and O–H groups in total. The van der Waals surface area contributed by atoms with Crippen LogP contribution in [0.4, 0.5) is 5.69 Å². The van der Waals surface area contributed by atoms with Crippen molar-refractivity contribution in [1.29, 1.82) is 0 Å². The second-order valence-corrected chi connectivity index (χ2v) is 8.73. The number of hydrogen-bond acceptors (Lipinski definition) is 4. The molecule has 1 saturated heterocycles. The lowest BCUT2D eigenvalue weighted by Crippen LogP contribution is -2.48. The number of phenolic OH excluding ortho intramolecular Hbond substituents is 1. The summed E-state index contributed by atoms with van der Waals surface area (Å²) in [5.41, 5.74) is 3.36. The normalized spacial score (nSPS) is 18.7. The van der Waals surface area contributed by atoms with Crippen molar-refractivity contribution < 1.29 is 14.6 Å². The molecule has 5 heteroatoms. The summed E-state index contributed by atoms with van der Waals surface area (Å²) in [5.74, 6) is 0.831. The molecule has 1 heterocycles. The quantitative estimate of drug-likeness (QED) is 0.519. The van der Waals surface area contributed by atoms with Gasteiger partial charge in [0.1, 0.15) is 6.04 Å². The third-order valence-corrected chi connectivity index (χ3v) is 6.48. The molecule has 0 radical (unpaired) electrons. The number of nitrogens with one attached hydrogen (secondary N) is 1. The van der Waals surface area contributed by atoms with Gasteiger partial charge in [-0.15, -0.1) is 0 Å². The predicted molar refractivity (Wildman–Crippen MR) is 132 cm³/mol. The molecule has 1 amide bonds. The minimum absolute atomic E-state index is 0.0203. The average molecular weight is 445 g/mol. The van der Waals surface area contributed by atoms with Crippen molar-refractivity contribution in [3.63, 3.8) is 0 Å². The lowest BCUT2D eigenvalue weighted by Gasteiger charge is -2.30. The Hall–Kier alpha value is -3.47. The minimum Gasteiger partial charge on any atom is -0.504 e. The summed E-state index contributed by atoms with van der Waals surface area (Å²) in [4.78, 5) is 15.8. The van der Waals surface area contributed by atoms with Gasteiger partial charge in [0.15, 0.2) is 11.5 Å². The number of nitrogens with zero attached hydrogens (tertiary/aromatic N) is 1. The van der Waals surface area contributed by atoms with E-state index in [0.717, 1.165) is 37.1 Å². The first-order valence-electron chi connectivity index (χ1n) is 11.6. The number of phenols is 1. The molecule has 3 aromatic carbocycles. The Labute approximate surface area is 196 Å². The number of carbonyl (C=O) groups excluding carboxylic acids is 1. The molecule has 3 atom stereocenters. The monoisotopic (exact) mass is 444 g/mol. The summed E-state index contributed by atoms with van der Waals surface area (Å²) in [6.45, 7) is 2.90. The van der Waals surface area contributed by atoms with Crippen LogP contribution in [0.15, 0.2) is 78.9 Å². The van der Waals surface area contributed by atoms with Crippen LogP contribution in [0.3, 0.4) is 0 Å². The Morgan fingerprint density at radius 2 is 1.79 bits per heavy atom. The minimum atomic E-state index is -0.244. The van der Waals surface area contributed by atoms with Crippen molar-refractivity contribution in [2.75, 3.05) is 18.6 Å². The summed E-state index contributed by atoms with van der Waals surface area (Å²) < 4.78 is 5.21. The number of para-hydroxylation sites is 1. The van der Waals surface area contributed by atoms with E-state index in [9.17, 15) is 9.90 Å². The maximum absolute atomic E-state index is 13.6. The van der Waals surface area contributed by atoms with Crippen LogP contribution in [0.5, 0.6) is 11.5 Å². The highest BCUT2D eigenvalue weighted by atomic mass is 16.5. The molecule has 0 spiro atoms. The van der Waals surface area contributed by atoms with Crippen molar-refractivity contribution in [3.8, 4) is 11.5 Å². The van der Waals surface area contributed by atoms with Crippen LogP contribution >= 0.6 is 0 Å². The van der Waals surface area contributed by atoms with Gasteiger partial charge in [-0.05, 0) is 61.6 Å². The van der Waals surface area contributed by atoms with Crippen molar-refractivity contribution in [1.82, 2.24) is 5.32 Å². The zero-order valence-corrected chi connectivity index (χ0v) is 19.3. The van der Waals surface area contributed by atoms with Gasteiger partial charge in [0.2, 0.25) is 5.91 Å². The van der Waals surface area contributed by atoms with Crippen LogP contribution < -0.4 is 15.0 Å². The van der Waals surface area contributed by atoms with E-state index < -0.39 is 0 Å². The van der Waals surface area contributed by atoms with Crippen LogP contribution in [0.1, 0.15) is 36.8 Å². The summed E-state index contributed by atoms with van der Waals surface area (Å²) in [7, 11) is 1.55. The van der Waals surface area contributed by atoms with Gasteiger partial charge in [0, 0.05) is 24.2 Å². The van der Waals surface area contributed by atoms with E-state index in [0.29, 0.717) is 5.75 Å². The zero-order chi connectivity index (χ0) is 23.2. The topological polar surface area (TPSA) is 61.8 Å². The summed E-state index contributed by atoms with van der Waals surface area (Å²) in [6, 6.07) is 25.7. The van der Waals surface area contributed by atoms with E-state index in [4.69, 9.17) is 4.74 Å². The van der Waals surface area contributed by atoms with Crippen molar-refractivity contribution in [2.24, 2.45) is 0 Å². The highest BCUT2D eigenvalue weighted by Crippen LogP contribution is 2.37. The second-order valence-electron chi connectivity index (χ2n) is 8.73. The van der Waals surface area contributed by atoms with Gasteiger partial charge < -0.3 is 20.1 Å². The maximum Gasteiger partial charge on any atom is 0.243 e. The van der Waals surface area contributed by atoms with E-state index >= 15 is 0 Å². The van der Waals surface area contributed by atoms with Gasteiger partial charge in [-0.1, -0.05) is 54.6 Å². The lowest BCUT2D eigenvalue weighted by molar-refractivity contribution is -0.123. The molecule has 4 rings (SSSR count). The Balaban J connectivity index is 1.47. The van der Waals surface area contributed by atoms with Crippen molar-refractivity contribution >= 4 is 11.6 Å². The highest BCUT2D eigenvalue weighted by molar-refractivity contribution is 5.87. The summed E-state index contributed by atoms with van der Waals surface area (Å²) in [6.07, 6.45) is 2.53. The van der Waals surface area contributed by atoms with Crippen LogP contribution in [0.25, 0.3) is 0 Å². The van der Waals surface area contributed by atoms with Crippen molar-refractivity contribution in [2.45, 2.75) is 44.2 Å². The summed E-state index contributed by atoms with van der Waals surface area (Å²) >= 11 is 0. The van der Waals surface area contributed by atoms with Gasteiger partial charge in [0.05, 0.1) is 7.11 Å². The molecule has 3 aromatic rings. The number of anilines is 1. The number of hydrogen-bond donors (Lipinski definition) is 2. The van der Waals surface area contributed by atoms with Gasteiger partial charge in [-0.2, -0.15) is 0 Å². The fourth-order valence-electron chi connectivity index (χ4n) is 4.74. The van der Waals surface area contributed by atoms with Crippen LogP contribution in [0, 0.1) is 0 Å². The number of rotatable bonds is 8. The Morgan fingerprint density at radius 3 is 2.48 bits per heavy atom. The number of amides is 1. The lowest BCUT2D eigenvalue weighted by atomic mass is 9.91. The molecular weight excluding hydrogens is 412 g/mol.